The van der Waals surface area contributed by atoms with Crippen LogP contribution in [0, 0.1) is 12.7 Å². The number of anilines is 1. The van der Waals surface area contributed by atoms with E-state index in [0.29, 0.717) is 11.3 Å². The minimum absolute atomic E-state index is 0.0534. The topological polar surface area (TPSA) is 74.8 Å². The molecule has 2 N–H and O–H groups in total. The summed E-state index contributed by atoms with van der Waals surface area (Å²) in [6.07, 6.45) is 1.34. The highest BCUT2D eigenvalue weighted by Gasteiger charge is 2.17. The van der Waals surface area contributed by atoms with Crippen LogP contribution in [-0.2, 0) is 10.0 Å². The predicted molar refractivity (Wildman–Crippen MR) is 68.2 cm³/mol. The smallest absolute Gasteiger partial charge is 0.278 e. The summed E-state index contributed by atoms with van der Waals surface area (Å²) in [6.45, 7) is 1.61. The number of sulfonamides is 1. The van der Waals surface area contributed by atoms with Gasteiger partial charge in [-0.25, -0.2) is 4.39 Å². The number of hydrogen-bond donors (Lipinski definition) is 2. The van der Waals surface area contributed by atoms with Crippen molar-refractivity contribution in [3.63, 3.8) is 0 Å². The van der Waals surface area contributed by atoms with Crippen molar-refractivity contribution in [1.82, 2.24) is 10.2 Å². The van der Waals surface area contributed by atoms with Crippen LogP contribution in [0.5, 0.6) is 0 Å². The van der Waals surface area contributed by atoms with Crippen molar-refractivity contribution in [3.8, 4) is 0 Å². The second kappa shape index (κ2) is 4.69. The maximum absolute atomic E-state index is 13.2. The maximum Gasteiger partial charge on any atom is 0.278 e. The number of aryl methyl sites for hydroxylation is 1. The molecule has 0 aliphatic carbocycles. The van der Waals surface area contributed by atoms with E-state index in [1.54, 1.807) is 6.92 Å². The second-order valence-electron chi connectivity index (χ2n) is 3.61. The molecule has 2 aromatic rings. The van der Waals surface area contributed by atoms with Crippen LogP contribution < -0.4 is 4.72 Å². The lowest BCUT2D eigenvalue weighted by Crippen LogP contribution is -2.14. The van der Waals surface area contributed by atoms with E-state index in [1.165, 1.54) is 24.4 Å². The minimum atomic E-state index is -3.73. The number of aromatic amines is 1. The van der Waals surface area contributed by atoms with Crippen LogP contribution in [0.15, 0.2) is 33.9 Å². The molecule has 96 valence electrons. The van der Waals surface area contributed by atoms with Crippen molar-refractivity contribution in [2.45, 2.75) is 11.9 Å². The van der Waals surface area contributed by atoms with Crippen LogP contribution in [0.3, 0.4) is 0 Å². The van der Waals surface area contributed by atoms with Crippen molar-refractivity contribution >= 4 is 31.6 Å². The lowest BCUT2D eigenvalue weighted by atomic mass is 10.2. The standard InChI is InChI=1S/C10H9BrFN3O2S/c1-6-4-8(12)7(11)5-9(6)15-18(16,17)10-2-3-13-14-10/h2-5,15H,1H3,(H,13,14). The van der Waals surface area contributed by atoms with Gasteiger partial charge in [0.05, 0.1) is 16.4 Å². The van der Waals surface area contributed by atoms with E-state index in [2.05, 4.69) is 30.8 Å². The van der Waals surface area contributed by atoms with Crippen molar-refractivity contribution in [2.24, 2.45) is 0 Å². The summed E-state index contributed by atoms with van der Waals surface area (Å²) in [5, 5.41) is 5.87. The molecule has 0 atom stereocenters. The molecule has 0 aliphatic heterocycles. The Kier molecular flexibility index (Phi) is 3.40. The first-order valence-electron chi connectivity index (χ1n) is 4.88. The number of halogens is 2. The fourth-order valence-corrected chi connectivity index (χ4v) is 2.72. The Labute approximate surface area is 112 Å². The van der Waals surface area contributed by atoms with E-state index >= 15 is 0 Å². The molecular formula is C10H9BrFN3O2S. The van der Waals surface area contributed by atoms with Gasteiger partial charge in [-0.2, -0.15) is 13.5 Å². The van der Waals surface area contributed by atoms with Gasteiger partial charge in [0, 0.05) is 0 Å². The summed E-state index contributed by atoms with van der Waals surface area (Å²) in [4.78, 5) is 0. The first-order valence-corrected chi connectivity index (χ1v) is 7.15. The van der Waals surface area contributed by atoms with E-state index in [4.69, 9.17) is 0 Å². The van der Waals surface area contributed by atoms with Crippen molar-refractivity contribution in [1.29, 1.82) is 0 Å². The Hall–Kier alpha value is -1.41. The Morgan fingerprint density at radius 2 is 2.17 bits per heavy atom. The summed E-state index contributed by atoms with van der Waals surface area (Å²) in [5.41, 5.74) is 0.789. The van der Waals surface area contributed by atoms with E-state index in [0.717, 1.165) is 0 Å². The molecule has 0 saturated carbocycles. The number of H-pyrrole nitrogens is 1. The molecule has 2 rings (SSSR count). The average Bonchev–Trinajstić information content (AvgIpc) is 2.79. The van der Waals surface area contributed by atoms with Gasteiger partial charge in [0.15, 0.2) is 5.03 Å². The quantitative estimate of drug-likeness (QED) is 0.905. The largest absolute Gasteiger partial charge is 0.278 e. The molecule has 0 spiro atoms. The number of aromatic nitrogens is 2. The molecule has 1 heterocycles. The fourth-order valence-electron chi connectivity index (χ4n) is 1.35. The van der Waals surface area contributed by atoms with Gasteiger partial charge in [-0.05, 0) is 46.6 Å². The summed E-state index contributed by atoms with van der Waals surface area (Å²) in [6, 6.07) is 3.95. The van der Waals surface area contributed by atoms with Crippen LogP contribution in [0.1, 0.15) is 5.56 Å². The van der Waals surface area contributed by atoms with Gasteiger partial charge in [-0.1, -0.05) is 0 Å². The second-order valence-corrected chi connectivity index (χ2v) is 6.11. The zero-order valence-corrected chi connectivity index (χ0v) is 11.6. The third kappa shape index (κ3) is 2.54. The molecule has 8 heteroatoms. The van der Waals surface area contributed by atoms with Crippen LogP contribution in [0.2, 0.25) is 0 Å². The highest BCUT2D eigenvalue weighted by molar-refractivity contribution is 9.10. The molecule has 0 saturated heterocycles. The number of benzene rings is 1. The van der Waals surface area contributed by atoms with E-state index in [1.807, 2.05) is 0 Å². The van der Waals surface area contributed by atoms with E-state index in [9.17, 15) is 12.8 Å². The Balaban J connectivity index is 2.39. The fraction of sp³-hybridized carbons (Fsp3) is 0.100. The minimum Gasteiger partial charge on any atom is -0.278 e. The molecule has 0 fully saturated rings. The van der Waals surface area contributed by atoms with Crippen LogP contribution in [-0.4, -0.2) is 18.6 Å². The third-order valence-electron chi connectivity index (χ3n) is 2.28. The normalized spacial score (nSPS) is 11.5. The molecule has 5 nitrogen and oxygen atoms in total. The van der Waals surface area contributed by atoms with Gasteiger partial charge >= 0.3 is 0 Å². The Morgan fingerprint density at radius 1 is 1.44 bits per heavy atom. The number of nitrogens with one attached hydrogen (secondary N) is 2. The first-order chi connectivity index (χ1) is 8.40. The molecule has 0 radical (unpaired) electrons. The van der Waals surface area contributed by atoms with Gasteiger partial charge in [-0.3, -0.25) is 9.82 Å². The highest BCUT2D eigenvalue weighted by atomic mass is 79.9. The molecule has 0 unspecified atom stereocenters. The maximum atomic E-state index is 13.2. The summed E-state index contributed by atoms with van der Waals surface area (Å²) < 4.78 is 39.6. The van der Waals surface area contributed by atoms with Crippen LogP contribution in [0.4, 0.5) is 10.1 Å². The van der Waals surface area contributed by atoms with Gasteiger partial charge < -0.3 is 0 Å². The number of hydrogen-bond acceptors (Lipinski definition) is 3. The average molecular weight is 334 g/mol. The van der Waals surface area contributed by atoms with Gasteiger partial charge in [0.2, 0.25) is 0 Å². The Bertz CT molecular complexity index is 671. The lowest BCUT2D eigenvalue weighted by Gasteiger charge is -2.10. The summed E-state index contributed by atoms with van der Waals surface area (Å²) in [5.74, 6) is -0.447. The zero-order valence-electron chi connectivity index (χ0n) is 9.24. The summed E-state index contributed by atoms with van der Waals surface area (Å²) >= 11 is 3.01. The lowest BCUT2D eigenvalue weighted by molar-refractivity contribution is 0.596. The molecule has 1 aromatic heterocycles. The van der Waals surface area contributed by atoms with Crippen LogP contribution in [0.25, 0.3) is 0 Å². The highest BCUT2D eigenvalue weighted by Crippen LogP contribution is 2.25. The molecule has 18 heavy (non-hydrogen) atoms. The van der Waals surface area contributed by atoms with E-state index in [-0.39, 0.29) is 9.50 Å². The van der Waals surface area contributed by atoms with E-state index < -0.39 is 15.8 Å². The number of rotatable bonds is 3. The van der Waals surface area contributed by atoms with Crippen molar-refractivity contribution in [3.05, 3.63) is 40.2 Å². The molecule has 0 bridgehead atoms. The SMILES string of the molecule is Cc1cc(F)c(Br)cc1NS(=O)(=O)c1ccn[nH]1. The number of nitrogens with zero attached hydrogens (tertiary/aromatic N) is 1. The molecule has 0 amide bonds. The van der Waals surface area contributed by atoms with Crippen molar-refractivity contribution < 1.29 is 12.8 Å². The third-order valence-corrected chi connectivity index (χ3v) is 4.18. The van der Waals surface area contributed by atoms with Gasteiger partial charge in [-0.15, -0.1) is 0 Å². The summed E-state index contributed by atoms with van der Waals surface area (Å²) in [7, 11) is -3.73. The Morgan fingerprint density at radius 3 is 2.78 bits per heavy atom. The van der Waals surface area contributed by atoms with Gasteiger partial charge in [0.25, 0.3) is 10.0 Å². The zero-order chi connectivity index (χ0) is 13.3. The molecule has 0 aliphatic rings. The molecule has 1 aromatic carbocycles. The van der Waals surface area contributed by atoms with Crippen LogP contribution >= 0.6 is 15.9 Å². The molecular weight excluding hydrogens is 325 g/mol. The van der Waals surface area contributed by atoms with Gasteiger partial charge in [0.1, 0.15) is 5.82 Å². The predicted octanol–water partition coefficient (Wildman–Crippen LogP) is 2.42. The monoisotopic (exact) mass is 333 g/mol. The van der Waals surface area contributed by atoms with Crippen molar-refractivity contribution in [2.75, 3.05) is 4.72 Å². The first kappa shape index (κ1) is 13.0.